The molecule has 1 unspecified atom stereocenters. The van der Waals surface area contributed by atoms with E-state index < -0.39 is 0 Å². The number of benzene rings is 1. The van der Waals surface area contributed by atoms with Crippen LogP contribution in [0.15, 0.2) is 46.0 Å². The predicted molar refractivity (Wildman–Crippen MR) is 77.8 cm³/mol. The van der Waals surface area contributed by atoms with Gasteiger partial charge in [-0.15, -0.1) is 11.8 Å². The molecule has 2 rings (SSSR count). The van der Waals surface area contributed by atoms with Crippen molar-refractivity contribution in [2.75, 3.05) is 5.75 Å². The molecule has 0 spiro atoms. The van der Waals surface area contributed by atoms with Gasteiger partial charge in [0, 0.05) is 34.8 Å². The summed E-state index contributed by atoms with van der Waals surface area (Å²) in [6.45, 7) is 0. The first-order chi connectivity index (χ1) is 8.65. The van der Waals surface area contributed by atoms with Crippen LogP contribution in [0, 0.1) is 0 Å². The second kappa shape index (κ2) is 6.41. The maximum Gasteiger partial charge on any atom is 0.0675 e. The minimum absolute atomic E-state index is 0.355. The second-order valence-electron chi connectivity index (χ2n) is 4.12. The molecule has 1 N–H and O–H groups in total. The first-order valence-corrected chi connectivity index (χ1v) is 7.46. The fourth-order valence-corrected chi connectivity index (χ4v) is 3.15. The van der Waals surface area contributed by atoms with Gasteiger partial charge in [0.05, 0.1) is 12.3 Å². The number of aliphatic hydroxyl groups excluding tert-OH is 1. The highest BCUT2D eigenvalue weighted by molar-refractivity contribution is 9.10. The minimum Gasteiger partial charge on any atom is -0.392 e. The first-order valence-electron chi connectivity index (χ1n) is 5.68. The van der Waals surface area contributed by atoms with Gasteiger partial charge in [-0.3, -0.25) is 4.68 Å². The van der Waals surface area contributed by atoms with Crippen molar-refractivity contribution in [3.8, 4) is 0 Å². The molecule has 0 aliphatic heterocycles. The smallest absolute Gasteiger partial charge is 0.0675 e. The zero-order chi connectivity index (χ0) is 13.0. The fraction of sp³-hybridized carbons (Fsp3) is 0.308. The summed E-state index contributed by atoms with van der Waals surface area (Å²) in [5, 5.41) is 14.1. The Morgan fingerprint density at radius 1 is 1.44 bits per heavy atom. The van der Waals surface area contributed by atoms with Gasteiger partial charge >= 0.3 is 0 Å². The van der Waals surface area contributed by atoms with Gasteiger partial charge in [-0.2, -0.15) is 5.10 Å². The van der Waals surface area contributed by atoms with Gasteiger partial charge < -0.3 is 5.11 Å². The molecule has 0 bridgehead atoms. The number of rotatable bonds is 5. The van der Waals surface area contributed by atoms with E-state index in [0.29, 0.717) is 12.2 Å². The molecular weight excluding hydrogens is 312 g/mol. The molecule has 0 aliphatic rings. The normalized spacial score (nSPS) is 12.6. The van der Waals surface area contributed by atoms with Crippen molar-refractivity contribution in [2.45, 2.75) is 17.4 Å². The highest BCUT2D eigenvalue weighted by Gasteiger charge is 2.09. The molecule has 0 saturated carbocycles. The van der Waals surface area contributed by atoms with Crippen molar-refractivity contribution in [1.82, 2.24) is 9.78 Å². The summed E-state index contributed by atoms with van der Waals surface area (Å²) in [6, 6.07) is 8.04. The van der Waals surface area contributed by atoms with E-state index in [-0.39, 0.29) is 6.10 Å². The van der Waals surface area contributed by atoms with E-state index in [1.165, 1.54) is 0 Å². The van der Waals surface area contributed by atoms with Crippen LogP contribution >= 0.6 is 27.7 Å². The Bertz CT molecular complexity index is 515. The topological polar surface area (TPSA) is 38.0 Å². The number of hydrogen-bond acceptors (Lipinski definition) is 3. The predicted octanol–water partition coefficient (Wildman–Crippen LogP) is 2.88. The zero-order valence-electron chi connectivity index (χ0n) is 10.1. The molecular formula is C13H15BrN2OS. The molecule has 0 aliphatic carbocycles. The Kier molecular flexibility index (Phi) is 4.86. The van der Waals surface area contributed by atoms with Gasteiger partial charge in [0.15, 0.2) is 0 Å². The van der Waals surface area contributed by atoms with E-state index in [9.17, 15) is 5.11 Å². The molecule has 0 fully saturated rings. The third-order valence-corrected chi connectivity index (χ3v) is 4.67. The molecule has 18 heavy (non-hydrogen) atoms. The monoisotopic (exact) mass is 326 g/mol. The highest BCUT2D eigenvalue weighted by atomic mass is 79.9. The summed E-state index contributed by atoms with van der Waals surface area (Å²) in [5.41, 5.74) is 1.07. The highest BCUT2D eigenvalue weighted by Crippen LogP contribution is 2.27. The van der Waals surface area contributed by atoms with Crippen molar-refractivity contribution >= 4 is 27.7 Å². The average molecular weight is 327 g/mol. The number of aryl methyl sites for hydroxylation is 1. The molecule has 3 nitrogen and oxygen atoms in total. The molecule has 0 amide bonds. The number of hydrogen-bond donors (Lipinski definition) is 1. The lowest BCUT2D eigenvalue weighted by molar-refractivity contribution is 0.200. The van der Waals surface area contributed by atoms with E-state index in [1.54, 1.807) is 22.6 Å². The molecule has 96 valence electrons. The quantitative estimate of drug-likeness (QED) is 0.858. The summed E-state index contributed by atoms with van der Waals surface area (Å²) in [5.74, 6) is 0.678. The Hall–Kier alpha value is -0.780. The molecule has 1 aromatic heterocycles. The number of aromatic nitrogens is 2. The molecule has 1 heterocycles. The van der Waals surface area contributed by atoms with Gasteiger partial charge in [-0.1, -0.05) is 12.1 Å². The van der Waals surface area contributed by atoms with Crippen LogP contribution in [-0.2, 0) is 13.5 Å². The van der Waals surface area contributed by atoms with E-state index in [2.05, 4.69) is 21.0 Å². The van der Waals surface area contributed by atoms with Crippen molar-refractivity contribution in [2.24, 2.45) is 7.05 Å². The van der Waals surface area contributed by atoms with Crippen molar-refractivity contribution in [3.63, 3.8) is 0 Å². The number of halogens is 1. The second-order valence-corrected chi connectivity index (χ2v) is 6.04. The third kappa shape index (κ3) is 3.86. The summed E-state index contributed by atoms with van der Waals surface area (Å²) < 4.78 is 2.83. The van der Waals surface area contributed by atoms with E-state index in [4.69, 9.17) is 0 Å². The molecule has 0 radical (unpaired) electrons. The van der Waals surface area contributed by atoms with Crippen LogP contribution in [0.3, 0.4) is 0 Å². The summed E-state index contributed by atoms with van der Waals surface area (Å²) in [6.07, 6.45) is 4.02. The Morgan fingerprint density at radius 2 is 2.22 bits per heavy atom. The number of aliphatic hydroxyl groups is 1. The summed E-state index contributed by atoms with van der Waals surface area (Å²) in [7, 11) is 1.88. The number of thioether (sulfide) groups is 1. The SMILES string of the molecule is Cn1cc(CC(O)CSc2ccccc2Br)cn1. The van der Waals surface area contributed by atoms with Gasteiger partial charge in [0.25, 0.3) is 0 Å². The van der Waals surface area contributed by atoms with Crippen LogP contribution in [-0.4, -0.2) is 26.7 Å². The zero-order valence-corrected chi connectivity index (χ0v) is 12.5. The Morgan fingerprint density at radius 3 is 2.89 bits per heavy atom. The van der Waals surface area contributed by atoms with Crippen molar-refractivity contribution < 1.29 is 5.11 Å². The lowest BCUT2D eigenvalue weighted by Crippen LogP contribution is -2.13. The standard InChI is InChI=1S/C13H15BrN2OS/c1-16-8-10(7-15-16)6-11(17)9-18-13-5-3-2-4-12(13)14/h2-5,7-8,11,17H,6,9H2,1H3. The molecule has 5 heteroatoms. The Labute approximate surface area is 119 Å². The van der Waals surface area contributed by atoms with Crippen LogP contribution in [0.4, 0.5) is 0 Å². The van der Waals surface area contributed by atoms with Crippen molar-refractivity contribution in [3.05, 3.63) is 46.7 Å². The molecule has 1 aromatic carbocycles. The van der Waals surface area contributed by atoms with Crippen LogP contribution in [0.25, 0.3) is 0 Å². The third-order valence-electron chi connectivity index (χ3n) is 2.50. The number of nitrogens with zero attached hydrogens (tertiary/aromatic N) is 2. The van der Waals surface area contributed by atoms with E-state index in [1.807, 2.05) is 37.5 Å². The summed E-state index contributed by atoms with van der Waals surface area (Å²) in [4.78, 5) is 1.16. The lowest BCUT2D eigenvalue weighted by atomic mass is 10.2. The van der Waals surface area contributed by atoms with Crippen LogP contribution in [0.1, 0.15) is 5.56 Å². The van der Waals surface area contributed by atoms with Crippen LogP contribution in [0.5, 0.6) is 0 Å². The molecule has 2 aromatic rings. The fourth-order valence-electron chi connectivity index (χ4n) is 1.66. The molecule has 1 atom stereocenters. The molecule has 0 saturated heterocycles. The first kappa shape index (κ1) is 13.6. The van der Waals surface area contributed by atoms with Gasteiger partial charge in [-0.05, 0) is 33.6 Å². The van der Waals surface area contributed by atoms with Gasteiger partial charge in [-0.25, -0.2) is 0 Å². The van der Waals surface area contributed by atoms with Gasteiger partial charge in [0.1, 0.15) is 0 Å². The van der Waals surface area contributed by atoms with Crippen LogP contribution < -0.4 is 0 Å². The van der Waals surface area contributed by atoms with E-state index >= 15 is 0 Å². The minimum atomic E-state index is -0.355. The van der Waals surface area contributed by atoms with Crippen LogP contribution in [0.2, 0.25) is 0 Å². The van der Waals surface area contributed by atoms with E-state index in [0.717, 1.165) is 14.9 Å². The largest absolute Gasteiger partial charge is 0.392 e. The van der Waals surface area contributed by atoms with Crippen molar-refractivity contribution in [1.29, 1.82) is 0 Å². The summed E-state index contributed by atoms with van der Waals surface area (Å²) >= 11 is 5.16. The Balaban J connectivity index is 1.85. The average Bonchev–Trinajstić information content (AvgIpc) is 2.74. The maximum atomic E-state index is 9.99. The lowest BCUT2D eigenvalue weighted by Gasteiger charge is -2.09. The maximum absolute atomic E-state index is 9.99. The van der Waals surface area contributed by atoms with Gasteiger partial charge in [0.2, 0.25) is 0 Å².